The first kappa shape index (κ1) is 14.1. The summed E-state index contributed by atoms with van der Waals surface area (Å²) in [5.41, 5.74) is 3.11. The predicted molar refractivity (Wildman–Crippen MR) is 103 cm³/mol. The van der Waals surface area contributed by atoms with Gasteiger partial charge < -0.3 is 9.72 Å². The summed E-state index contributed by atoms with van der Waals surface area (Å²) in [6.45, 7) is 0. The van der Waals surface area contributed by atoms with Crippen LogP contribution in [0.5, 0.6) is 5.75 Å². The monoisotopic (exact) mass is 324 g/mol. The number of fused-ring (bicyclic) bond motifs is 5. The average molecular weight is 324 g/mol. The molecule has 1 N–H and O–H groups in total. The third-order valence-corrected chi connectivity index (χ3v) is 4.74. The van der Waals surface area contributed by atoms with E-state index in [0.29, 0.717) is 0 Å². The van der Waals surface area contributed by atoms with Crippen LogP contribution in [0.3, 0.4) is 0 Å². The minimum atomic E-state index is 0.844. The maximum Gasteiger partial charge on any atom is 0.138 e. The highest BCUT2D eigenvalue weighted by molar-refractivity contribution is 6.15. The zero-order valence-electron chi connectivity index (χ0n) is 13.8. The van der Waals surface area contributed by atoms with Crippen LogP contribution in [0, 0.1) is 0 Å². The van der Waals surface area contributed by atoms with E-state index in [-0.39, 0.29) is 0 Å². The number of nitrogens with zero attached hydrogens (tertiary/aromatic N) is 1. The Balaban J connectivity index is 1.75. The quantitative estimate of drug-likeness (QED) is 0.433. The van der Waals surface area contributed by atoms with Crippen molar-refractivity contribution in [1.82, 2.24) is 9.97 Å². The Morgan fingerprint density at radius 1 is 0.760 bits per heavy atom. The van der Waals surface area contributed by atoms with Gasteiger partial charge in [0.25, 0.3) is 0 Å². The Morgan fingerprint density at radius 2 is 1.56 bits per heavy atom. The molecule has 0 aliphatic carbocycles. The normalized spacial score (nSPS) is 11.4. The van der Waals surface area contributed by atoms with E-state index in [0.717, 1.165) is 28.2 Å². The van der Waals surface area contributed by atoms with E-state index in [1.54, 1.807) is 7.11 Å². The number of benzene rings is 4. The molecule has 0 radical (unpaired) electrons. The predicted octanol–water partition coefficient (Wildman–Crippen LogP) is 5.54. The summed E-state index contributed by atoms with van der Waals surface area (Å²) < 4.78 is 5.23. The molecule has 3 nitrogen and oxygen atoms in total. The number of imidazole rings is 1. The van der Waals surface area contributed by atoms with Gasteiger partial charge in [-0.25, -0.2) is 4.98 Å². The van der Waals surface area contributed by atoms with Crippen molar-refractivity contribution in [3.8, 4) is 17.1 Å². The van der Waals surface area contributed by atoms with Crippen LogP contribution in [0.1, 0.15) is 0 Å². The van der Waals surface area contributed by atoms with E-state index in [1.165, 1.54) is 21.5 Å². The Bertz CT molecular complexity index is 1220. The lowest BCUT2D eigenvalue weighted by atomic mass is 10.0. The third kappa shape index (κ3) is 2.17. The highest BCUT2D eigenvalue weighted by Crippen LogP contribution is 2.32. The largest absolute Gasteiger partial charge is 0.497 e. The Labute approximate surface area is 144 Å². The van der Waals surface area contributed by atoms with Gasteiger partial charge in [0.1, 0.15) is 11.6 Å². The van der Waals surface area contributed by atoms with Crippen molar-refractivity contribution in [3.05, 3.63) is 72.8 Å². The SMILES string of the molecule is COc1ccc(-c2nc3c(ccc4c5ccccc5ccc43)[nH]2)cc1. The summed E-state index contributed by atoms with van der Waals surface area (Å²) >= 11 is 0. The first-order valence-electron chi connectivity index (χ1n) is 8.28. The molecule has 0 saturated carbocycles. The number of methoxy groups -OCH3 is 1. The third-order valence-electron chi connectivity index (χ3n) is 4.74. The van der Waals surface area contributed by atoms with Crippen molar-refractivity contribution in [2.75, 3.05) is 7.11 Å². The lowest BCUT2D eigenvalue weighted by Gasteiger charge is -2.03. The molecule has 4 aromatic carbocycles. The zero-order valence-corrected chi connectivity index (χ0v) is 13.8. The molecule has 25 heavy (non-hydrogen) atoms. The van der Waals surface area contributed by atoms with Crippen LogP contribution < -0.4 is 4.74 Å². The topological polar surface area (TPSA) is 37.9 Å². The highest BCUT2D eigenvalue weighted by atomic mass is 16.5. The number of aromatic nitrogens is 2. The van der Waals surface area contributed by atoms with Gasteiger partial charge in [0.05, 0.1) is 18.1 Å². The Morgan fingerprint density at radius 3 is 2.40 bits per heavy atom. The van der Waals surface area contributed by atoms with Gasteiger partial charge in [-0.15, -0.1) is 0 Å². The van der Waals surface area contributed by atoms with E-state index in [4.69, 9.17) is 9.72 Å². The number of hydrogen-bond acceptors (Lipinski definition) is 2. The van der Waals surface area contributed by atoms with E-state index >= 15 is 0 Å². The molecular formula is C22H16N2O. The summed E-state index contributed by atoms with van der Waals surface area (Å²) in [6, 6.07) is 25.0. The fraction of sp³-hybridized carbons (Fsp3) is 0.0455. The van der Waals surface area contributed by atoms with Crippen molar-refractivity contribution in [2.24, 2.45) is 0 Å². The summed E-state index contributed by atoms with van der Waals surface area (Å²) in [5.74, 6) is 1.72. The number of nitrogens with one attached hydrogen (secondary N) is 1. The molecule has 0 saturated heterocycles. The van der Waals surface area contributed by atoms with Crippen molar-refractivity contribution in [3.63, 3.8) is 0 Å². The van der Waals surface area contributed by atoms with Crippen LogP contribution in [0.2, 0.25) is 0 Å². The van der Waals surface area contributed by atoms with Crippen LogP contribution in [-0.4, -0.2) is 17.1 Å². The standard InChI is InChI=1S/C22H16N2O/c1-25-16-9-6-15(7-10-16)22-23-20-13-12-18-17-5-3-2-4-14(17)8-11-19(18)21(20)24-22/h2-13H,1H3,(H,23,24). The first-order valence-corrected chi connectivity index (χ1v) is 8.28. The second kappa shape index (κ2) is 5.35. The molecule has 0 fully saturated rings. The van der Waals surface area contributed by atoms with Gasteiger partial charge in [-0.3, -0.25) is 0 Å². The van der Waals surface area contributed by atoms with Gasteiger partial charge in [0, 0.05) is 10.9 Å². The first-order chi connectivity index (χ1) is 12.3. The number of H-pyrrole nitrogens is 1. The Kier molecular flexibility index (Phi) is 3.01. The van der Waals surface area contributed by atoms with Crippen LogP contribution in [-0.2, 0) is 0 Å². The molecule has 0 bridgehead atoms. The maximum atomic E-state index is 5.23. The van der Waals surface area contributed by atoms with Gasteiger partial charge in [0.15, 0.2) is 0 Å². The van der Waals surface area contributed by atoms with Gasteiger partial charge in [-0.1, -0.05) is 42.5 Å². The van der Waals surface area contributed by atoms with E-state index < -0.39 is 0 Å². The minimum Gasteiger partial charge on any atom is -0.497 e. The molecule has 0 amide bonds. The summed E-state index contributed by atoms with van der Waals surface area (Å²) in [6.07, 6.45) is 0. The van der Waals surface area contributed by atoms with Crippen LogP contribution in [0.4, 0.5) is 0 Å². The van der Waals surface area contributed by atoms with Crippen LogP contribution in [0.15, 0.2) is 72.8 Å². The molecule has 1 heterocycles. The molecular weight excluding hydrogens is 308 g/mol. The number of ether oxygens (including phenoxy) is 1. The zero-order chi connectivity index (χ0) is 16.8. The van der Waals surface area contributed by atoms with Crippen molar-refractivity contribution in [1.29, 1.82) is 0 Å². The maximum absolute atomic E-state index is 5.23. The minimum absolute atomic E-state index is 0.844. The lowest BCUT2D eigenvalue weighted by molar-refractivity contribution is 0.415. The van der Waals surface area contributed by atoms with Gasteiger partial charge in [-0.05, 0) is 46.5 Å². The molecule has 1 aromatic heterocycles. The summed E-state index contributed by atoms with van der Waals surface area (Å²) in [4.78, 5) is 8.31. The number of hydrogen-bond donors (Lipinski definition) is 1. The number of aromatic amines is 1. The van der Waals surface area contributed by atoms with Gasteiger partial charge in [0.2, 0.25) is 0 Å². The van der Waals surface area contributed by atoms with Gasteiger partial charge >= 0.3 is 0 Å². The molecule has 0 spiro atoms. The molecule has 0 unspecified atom stereocenters. The van der Waals surface area contributed by atoms with E-state index in [2.05, 4.69) is 53.5 Å². The molecule has 5 aromatic rings. The molecule has 3 heteroatoms. The highest BCUT2D eigenvalue weighted by Gasteiger charge is 2.10. The number of rotatable bonds is 2. The average Bonchev–Trinajstić information content (AvgIpc) is 3.12. The fourth-order valence-corrected chi connectivity index (χ4v) is 3.45. The van der Waals surface area contributed by atoms with Crippen LogP contribution in [0.25, 0.3) is 44.0 Å². The van der Waals surface area contributed by atoms with Crippen molar-refractivity contribution >= 4 is 32.6 Å². The summed E-state index contributed by atoms with van der Waals surface area (Å²) in [7, 11) is 1.67. The van der Waals surface area contributed by atoms with Gasteiger partial charge in [-0.2, -0.15) is 0 Å². The molecule has 5 rings (SSSR count). The second-order valence-electron chi connectivity index (χ2n) is 6.16. The fourth-order valence-electron chi connectivity index (χ4n) is 3.45. The smallest absolute Gasteiger partial charge is 0.138 e. The molecule has 0 aliphatic heterocycles. The van der Waals surface area contributed by atoms with Crippen molar-refractivity contribution in [2.45, 2.75) is 0 Å². The van der Waals surface area contributed by atoms with Crippen LogP contribution >= 0.6 is 0 Å². The molecule has 120 valence electrons. The second-order valence-corrected chi connectivity index (χ2v) is 6.16. The summed E-state index contributed by atoms with van der Waals surface area (Å²) in [5, 5.41) is 4.92. The van der Waals surface area contributed by atoms with E-state index in [1.807, 2.05) is 24.3 Å². The lowest BCUT2D eigenvalue weighted by Crippen LogP contribution is -1.83. The molecule has 0 aliphatic rings. The molecule has 0 atom stereocenters. The Hall–Kier alpha value is -3.33. The van der Waals surface area contributed by atoms with E-state index in [9.17, 15) is 0 Å². The van der Waals surface area contributed by atoms with Crippen molar-refractivity contribution < 1.29 is 4.74 Å².